The van der Waals surface area contributed by atoms with Crippen molar-refractivity contribution in [1.82, 2.24) is 0 Å². The zero-order valence-electron chi connectivity index (χ0n) is 12.7. The Kier molecular flexibility index (Phi) is 9.64. The van der Waals surface area contributed by atoms with Gasteiger partial charge in [0, 0.05) is 6.42 Å². The van der Waals surface area contributed by atoms with Crippen LogP contribution >= 0.6 is 0 Å². The molecule has 0 radical (unpaired) electrons. The fourth-order valence-electron chi connectivity index (χ4n) is 2.20. The molecule has 1 heterocycles. The number of carbonyl (C=O) groups is 1. The van der Waals surface area contributed by atoms with Crippen LogP contribution in [0.4, 0.5) is 0 Å². The van der Waals surface area contributed by atoms with E-state index in [-0.39, 0.29) is 12.1 Å². The van der Waals surface area contributed by atoms with Crippen LogP contribution in [0.15, 0.2) is 36.5 Å². The van der Waals surface area contributed by atoms with Gasteiger partial charge in [-0.05, 0) is 44.3 Å². The second-order valence-electron chi connectivity index (χ2n) is 5.23. The minimum absolute atomic E-state index is 0.0750. The van der Waals surface area contributed by atoms with Crippen LogP contribution in [-0.2, 0) is 9.53 Å². The van der Waals surface area contributed by atoms with Gasteiger partial charge in [0.15, 0.2) is 0 Å². The summed E-state index contributed by atoms with van der Waals surface area (Å²) in [4.78, 5) is 11.7. The van der Waals surface area contributed by atoms with E-state index in [1.165, 1.54) is 19.3 Å². The molecule has 112 valence electrons. The van der Waals surface area contributed by atoms with Crippen molar-refractivity contribution in [2.75, 3.05) is 0 Å². The third kappa shape index (κ3) is 8.73. The molecule has 0 aromatic carbocycles. The maximum absolute atomic E-state index is 11.7. The van der Waals surface area contributed by atoms with E-state index in [9.17, 15) is 4.79 Å². The molecule has 1 atom stereocenters. The summed E-state index contributed by atoms with van der Waals surface area (Å²) in [5.74, 6) is -0.0750. The molecular weight excluding hydrogens is 248 g/mol. The molecule has 20 heavy (non-hydrogen) atoms. The molecule has 0 unspecified atom stereocenters. The lowest BCUT2D eigenvalue weighted by Gasteiger charge is -2.11. The maximum Gasteiger partial charge on any atom is 0.306 e. The van der Waals surface area contributed by atoms with E-state index in [0.29, 0.717) is 6.42 Å². The van der Waals surface area contributed by atoms with Gasteiger partial charge in [0.1, 0.15) is 6.10 Å². The van der Waals surface area contributed by atoms with E-state index in [1.54, 1.807) is 0 Å². The summed E-state index contributed by atoms with van der Waals surface area (Å²) in [6.45, 7) is 2.12. The van der Waals surface area contributed by atoms with Gasteiger partial charge in [-0.15, -0.1) is 0 Å². The monoisotopic (exact) mass is 276 g/mol. The second-order valence-corrected chi connectivity index (χ2v) is 5.23. The van der Waals surface area contributed by atoms with E-state index in [0.717, 1.165) is 32.1 Å². The standard InChI is InChI=1S/C18H28O2/c1-2-3-4-8-11-14-17-15-12-9-6-5-7-10-13-16-18(19)20-17/h3-4,11-12,14-15,17H,2,5-10,13,16H2,1H3/b4-3-,14-11-,15-12-/t17-/m0/s1. The first kappa shape index (κ1) is 16.7. The lowest BCUT2D eigenvalue weighted by atomic mass is 10.1. The number of hydrogen-bond donors (Lipinski definition) is 0. The average molecular weight is 276 g/mol. The summed E-state index contributed by atoms with van der Waals surface area (Å²) in [5.41, 5.74) is 0. The molecule has 0 amide bonds. The van der Waals surface area contributed by atoms with E-state index >= 15 is 0 Å². The quantitative estimate of drug-likeness (QED) is 0.527. The molecule has 1 aliphatic rings. The Bertz CT molecular complexity index is 339. The summed E-state index contributed by atoms with van der Waals surface area (Å²) in [6.07, 6.45) is 21.7. The Balaban J connectivity index is 2.50. The summed E-state index contributed by atoms with van der Waals surface area (Å²) < 4.78 is 5.49. The molecule has 2 heteroatoms. The molecular formula is C18H28O2. The van der Waals surface area contributed by atoms with Crippen molar-refractivity contribution < 1.29 is 9.53 Å². The number of cyclic esters (lactones) is 1. The molecule has 0 aromatic rings. The van der Waals surface area contributed by atoms with E-state index in [2.05, 4.69) is 31.2 Å². The number of esters is 1. The van der Waals surface area contributed by atoms with E-state index < -0.39 is 0 Å². The Morgan fingerprint density at radius 2 is 1.95 bits per heavy atom. The fraction of sp³-hybridized carbons (Fsp3) is 0.611. The highest BCUT2D eigenvalue weighted by atomic mass is 16.5. The summed E-state index contributed by atoms with van der Waals surface area (Å²) >= 11 is 0. The van der Waals surface area contributed by atoms with Crippen LogP contribution in [-0.4, -0.2) is 12.1 Å². The van der Waals surface area contributed by atoms with Gasteiger partial charge in [-0.2, -0.15) is 0 Å². The highest BCUT2D eigenvalue weighted by Gasteiger charge is 2.08. The molecule has 0 fully saturated rings. The van der Waals surface area contributed by atoms with Crippen molar-refractivity contribution in [3.8, 4) is 0 Å². The lowest BCUT2D eigenvalue weighted by Crippen LogP contribution is -2.14. The van der Waals surface area contributed by atoms with Crippen LogP contribution in [0.5, 0.6) is 0 Å². The second kappa shape index (κ2) is 11.5. The largest absolute Gasteiger partial charge is 0.454 e. The van der Waals surface area contributed by atoms with Gasteiger partial charge in [-0.1, -0.05) is 50.5 Å². The van der Waals surface area contributed by atoms with E-state index in [4.69, 9.17) is 4.74 Å². The molecule has 2 nitrogen and oxygen atoms in total. The molecule has 0 aromatic heterocycles. The Hall–Kier alpha value is -1.31. The molecule has 0 N–H and O–H groups in total. The van der Waals surface area contributed by atoms with Gasteiger partial charge < -0.3 is 4.74 Å². The predicted octanol–water partition coefficient (Wildman–Crippen LogP) is 5.11. The van der Waals surface area contributed by atoms with Gasteiger partial charge in [0.25, 0.3) is 0 Å². The van der Waals surface area contributed by atoms with Crippen LogP contribution in [0.3, 0.4) is 0 Å². The molecule has 0 spiro atoms. The number of carbonyl (C=O) groups excluding carboxylic acids is 1. The number of rotatable bonds is 4. The first-order valence-corrected chi connectivity index (χ1v) is 8.00. The minimum atomic E-state index is -0.197. The summed E-state index contributed by atoms with van der Waals surface area (Å²) in [5, 5.41) is 0. The first-order valence-electron chi connectivity index (χ1n) is 8.00. The zero-order chi connectivity index (χ0) is 14.5. The van der Waals surface area contributed by atoms with Gasteiger partial charge in [-0.25, -0.2) is 0 Å². The Morgan fingerprint density at radius 3 is 2.80 bits per heavy atom. The van der Waals surface area contributed by atoms with Gasteiger partial charge in [0.05, 0.1) is 0 Å². The van der Waals surface area contributed by atoms with Crippen LogP contribution < -0.4 is 0 Å². The van der Waals surface area contributed by atoms with Crippen LogP contribution in [0.25, 0.3) is 0 Å². The molecule has 1 aliphatic heterocycles. The number of ether oxygens (including phenoxy) is 1. The molecule has 1 rings (SSSR count). The van der Waals surface area contributed by atoms with Crippen molar-refractivity contribution in [2.45, 2.75) is 70.8 Å². The third-order valence-electron chi connectivity index (χ3n) is 3.35. The minimum Gasteiger partial charge on any atom is -0.454 e. The van der Waals surface area contributed by atoms with Crippen LogP contribution in [0, 0.1) is 0 Å². The molecule has 0 bridgehead atoms. The SMILES string of the molecule is CC/C=C\C/C=C\[C@H]1/C=C\CCCCCCCC(=O)O1. The van der Waals surface area contributed by atoms with Crippen molar-refractivity contribution in [1.29, 1.82) is 0 Å². The third-order valence-corrected chi connectivity index (χ3v) is 3.35. The fourth-order valence-corrected chi connectivity index (χ4v) is 2.20. The zero-order valence-corrected chi connectivity index (χ0v) is 12.7. The highest BCUT2D eigenvalue weighted by molar-refractivity contribution is 5.69. The Morgan fingerprint density at radius 1 is 1.15 bits per heavy atom. The number of hydrogen-bond acceptors (Lipinski definition) is 2. The lowest BCUT2D eigenvalue weighted by molar-refractivity contribution is -0.145. The maximum atomic E-state index is 11.7. The highest BCUT2D eigenvalue weighted by Crippen LogP contribution is 2.12. The summed E-state index contributed by atoms with van der Waals surface area (Å²) in [7, 11) is 0. The van der Waals surface area contributed by atoms with Gasteiger partial charge >= 0.3 is 5.97 Å². The summed E-state index contributed by atoms with van der Waals surface area (Å²) in [6, 6.07) is 0. The van der Waals surface area contributed by atoms with Crippen molar-refractivity contribution in [3.05, 3.63) is 36.5 Å². The van der Waals surface area contributed by atoms with Crippen molar-refractivity contribution in [2.24, 2.45) is 0 Å². The molecule has 0 aliphatic carbocycles. The van der Waals surface area contributed by atoms with Gasteiger partial charge in [0.2, 0.25) is 0 Å². The molecule has 0 saturated heterocycles. The van der Waals surface area contributed by atoms with Crippen molar-refractivity contribution >= 4 is 5.97 Å². The smallest absolute Gasteiger partial charge is 0.306 e. The molecule has 0 saturated carbocycles. The first-order chi connectivity index (χ1) is 9.83. The average Bonchev–Trinajstić information content (AvgIpc) is 2.43. The van der Waals surface area contributed by atoms with Gasteiger partial charge in [-0.3, -0.25) is 4.79 Å². The van der Waals surface area contributed by atoms with Crippen molar-refractivity contribution in [3.63, 3.8) is 0 Å². The van der Waals surface area contributed by atoms with Crippen LogP contribution in [0.1, 0.15) is 64.7 Å². The normalized spacial score (nSPS) is 24.2. The van der Waals surface area contributed by atoms with Crippen LogP contribution in [0.2, 0.25) is 0 Å². The Labute approximate surface area is 123 Å². The van der Waals surface area contributed by atoms with E-state index in [1.807, 2.05) is 12.2 Å². The topological polar surface area (TPSA) is 26.3 Å². The predicted molar refractivity (Wildman–Crippen MR) is 84.5 cm³/mol. The number of allylic oxidation sites excluding steroid dienone is 4.